The van der Waals surface area contributed by atoms with Gasteiger partial charge < -0.3 is 11.1 Å². The molecule has 1 aliphatic carbocycles. The van der Waals surface area contributed by atoms with Crippen LogP contribution >= 0.6 is 0 Å². The van der Waals surface area contributed by atoms with E-state index in [1.165, 1.54) is 0 Å². The summed E-state index contributed by atoms with van der Waals surface area (Å²) >= 11 is 0. The van der Waals surface area contributed by atoms with Gasteiger partial charge in [-0.15, -0.1) is 0 Å². The Balaban J connectivity index is 2.21. The maximum Gasteiger partial charge on any atom is 0.252 e. The summed E-state index contributed by atoms with van der Waals surface area (Å²) in [6.07, 6.45) is 2.14. The Bertz CT molecular complexity index is 408. The molecule has 3 heteroatoms. The van der Waals surface area contributed by atoms with Crippen LogP contribution in [-0.2, 0) is 0 Å². The summed E-state index contributed by atoms with van der Waals surface area (Å²) in [6.45, 7) is 3.98. The van der Waals surface area contributed by atoms with Crippen LogP contribution in [0.5, 0.6) is 0 Å². The van der Waals surface area contributed by atoms with Gasteiger partial charge >= 0.3 is 0 Å². The molecule has 0 atom stereocenters. The average molecular weight is 204 g/mol. The molecule has 1 amide bonds. The smallest absolute Gasteiger partial charge is 0.252 e. The van der Waals surface area contributed by atoms with Gasteiger partial charge in [-0.3, -0.25) is 4.79 Å². The maximum atomic E-state index is 11.9. The number of aryl methyl sites for hydroxylation is 1. The van der Waals surface area contributed by atoms with E-state index in [9.17, 15) is 4.79 Å². The highest BCUT2D eigenvalue weighted by atomic mass is 16.1. The second-order valence-corrected chi connectivity index (χ2v) is 4.59. The molecule has 15 heavy (non-hydrogen) atoms. The number of nitrogen functional groups attached to an aromatic ring is 1. The first-order chi connectivity index (χ1) is 7.00. The predicted molar refractivity (Wildman–Crippen MR) is 60.7 cm³/mol. The van der Waals surface area contributed by atoms with Crippen LogP contribution in [0.25, 0.3) is 0 Å². The van der Waals surface area contributed by atoms with Gasteiger partial charge in [-0.25, -0.2) is 0 Å². The normalized spacial score (nSPS) is 17.2. The van der Waals surface area contributed by atoms with Crippen LogP contribution in [0.2, 0.25) is 0 Å². The maximum absolute atomic E-state index is 11.9. The van der Waals surface area contributed by atoms with Gasteiger partial charge in [-0.2, -0.15) is 0 Å². The lowest BCUT2D eigenvalue weighted by molar-refractivity contribution is 0.0935. The van der Waals surface area contributed by atoms with Crippen molar-refractivity contribution in [3.63, 3.8) is 0 Å². The van der Waals surface area contributed by atoms with Gasteiger partial charge in [0.05, 0.1) is 0 Å². The van der Waals surface area contributed by atoms with Crippen LogP contribution in [0.15, 0.2) is 18.2 Å². The molecule has 1 saturated carbocycles. The van der Waals surface area contributed by atoms with Crippen molar-refractivity contribution >= 4 is 11.6 Å². The fourth-order valence-electron chi connectivity index (χ4n) is 1.54. The molecule has 0 heterocycles. The summed E-state index contributed by atoms with van der Waals surface area (Å²) in [4.78, 5) is 11.9. The first-order valence-corrected chi connectivity index (χ1v) is 5.19. The van der Waals surface area contributed by atoms with Crippen molar-refractivity contribution in [3.8, 4) is 0 Å². The molecule has 1 fully saturated rings. The van der Waals surface area contributed by atoms with Gasteiger partial charge in [-0.1, -0.05) is 6.07 Å². The monoisotopic (exact) mass is 204 g/mol. The molecule has 0 spiro atoms. The number of nitrogens with one attached hydrogen (secondary N) is 1. The highest BCUT2D eigenvalue weighted by molar-refractivity contribution is 5.97. The van der Waals surface area contributed by atoms with Crippen LogP contribution in [0.4, 0.5) is 5.69 Å². The second kappa shape index (κ2) is 3.26. The zero-order valence-electron chi connectivity index (χ0n) is 9.13. The third-order valence-corrected chi connectivity index (χ3v) is 2.92. The SMILES string of the molecule is Cc1ccc(N)cc1C(=O)NC1(C)CC1. The topological polar surface area (TPSA) is 55.1 Å². The summed E-state index contributed by atoms with van der Waals surface area (Å²) < 4.78 is 0. The van der Waals surface area contributed by atoms with E-state index in [1.54, 1.807) is 6.07 Å². The van der Waals surface area contributed by atoms with E-state index < -0.39 is 0 Å². The Hall–Kier alpha value is -1.51. The van der Waals surface area contributed by atoms with Crippen molar-refractivity contribution in [2.24, 2.45) is 0 Å². The minimum absolute atomic E-state index is 0.0141. The van der Waals surface area contributed by atoms with Crippen LogP contribution in [-0.4, -0.2) is 11.4 Å². The van der Waals surface area contributed by atoms with E-state index in [0.717, 1.165) is 18.4 Å². The number of benzene rings is 1. The number of hydrogen-bond acceptors (Lipinski definition) is 2. The molecule has 1 aliphatic rings. The predicted octanol–water partition coefficient (Wildman–Crippen LogP) is 1.86. The van der Waals surface area contributed by atoms with Gasteiger partial charge in [0, 0.05) is 16.8 Å². The lowest BCUT2D eigenvalue weighted by Crippen LogP contribution is -2.34. The molecule has 0 aromatic heterocycles. The Kier molecular flexibility index (Phi) is 2.18. The second-order valence-electron chi connectivity index (χ2n) is 4.59. The van der Waals surface area contributed by atoms with Crippen molar-refractivity contribution in [3.05, 3.63) is 29.3 Å². The summed E-state index contributed by atoms with van der Waals surface area (Å²) in [6, 6.07) is 5.42. The number of rotatable bonds is 2. The summed E-state index contributed by atoms with van der Waals surface area (Å²) in [5.74, 6) is -0.0141. The molecule has 0 unspecified atom stereocenters. The number of carbonyl (C=O) groups excluding carboxylic acids is 1. The molecule has 0 aliphatic heterocycles. The molecule has 0 bridgehead atoms. The van der Waals surface area contributed by atoms with E-state index >= 15 is 0 Å². The quantitative estimate of drug-likeness (QED) is 0.722. The minimum Gasteiger partial charge on any atom is -0.399 e. The van der Waals surface area contributed by atoms with Gasteiger partial charge in [-0.05, 0) is 44.4 Å². The van der Waals surface area contributed by atoms with Crippen molar-refractivity contribution < 1.29 is 4.79 Å². The molecule has 0 saturated heterocycles. The van der Waals surface area contributed by atoms with Crippen molar-refractivity contribution in [2.45, 2.75) is 32.2 Å². The fraction of sp³-hybridized carbons (Fsp3) is 0.417. The van der Waals surface area contributed by atoms with Crippen molar-refractivity contribution in [1.29, 1.82) is 0 Å². The lowest BCUT2D eigenvalue weighted by atomic mass is 10.1. The standard InChI is InChI=1S/C12H16N2O/c1-8-3-4-9(13)7-10(8)11(15)14-12(2)5-6-12/h3-4,7H,5-6,13H2,1-2H3,(H,14,15). The number of nitrogens with two attached hydrogens (primary N) is 1. The van der Waals surface area contributed by atoms with E-state index in [1.807, 2.05) is 19.1 Å². The first kappa shape index (κ1) is 10.0. The molecule has 0 radical (unpaired) electrons. The summed E-state index contributed by atoms with van der Waals surface area (Å²) in [7, 11) is 0. The summed E-state index contributed by atoms with van der Waals surface area (Å²) in [5.41, 5.74) is 7.97. The molecular formula is C12H16N2O. The van der Waals surface area contributed by atoms with Crippen molar-refractivity contribution in [2.75, 3.05) is 5.73 Å². The summed E-state index contributed by atoms with van der Waals surface area (Å²) in [5, 5.41) is 3.02. The first-order valence-electron chi connectivity index (χ1n) is 5.19. The molecule has 1 aromatic carbocycles. The van der Waals surface area contributed by atoms with Crippen LogP contribution in [0, 0.1) is 6.92 Å². The van der Waals surface area contributed by atoms with E-state index in [2.05, 4.69) is 12.2 Å². The lowest BCUT2D eigenvalue weighted by Gasteiger charge is -2.13. The Morgan fingerprint density at radius 2 is 2.13 bits per heavy atom. The molecular weight excluding hydrogens is 188 g/mol. The van der Waals surface area contributed by atoms with Gasteiger partial charge in [0.2, 0.25) is 0 Å². The zero-order chi connectivity index (χ0) is 11.1. The van der Waals surface area contributed by atoms with E-state index in [0.29, 0.717) is 11.3 Å². The largest absolute Gasteiger partial charge is 0.399 e. The molecule has 1 aromatic rings. The fourth-order valence-corrected chi connectivity index (χ4v) is 1.54. The van der Waals surface area contributed by atoms with Gasteiger partial charge in [0.1, 0.15) is 0 Å². The molecule has 3 nitrogen and oxygen atoms in total. The third-order valence-electron chi connectivity index (χ3n) is 2.92. The number of hydrogen-bond donors (Lipinski definition) is 2. The molecule has 3 N–H and O–H groups in total. The Morgan fingerprint density at radius 1 is 1.47 bits per heavy atom. The highest BCUT2D eigenvalue weighted by Crippen LogP contribution is 2.34. The van der Waals surface area contributed by atoms with Crippen LogP contribution in [0.1, 0.15) is 35.7 Å². The van der Waals surface area contributed by atoms with Crippen LogP contribution < -0.4 is 11.1 Å². The number of carbonyl (C=O) groups is 1. The number of anilines is 1. The van der Waals surface area contributed by atoms with Crippen molar-refractivity contribution in [1.82, 2.24) is 5.32 Å². The van der Waals surface area contributed by atoms with Gasteiger partial charge in [0.15, 0.2) is 0 Å². The molecule has 2 rings (SSSR count). The Labute approximate surface area is 89.7 Å². The van der Waals surface area contributed by atoms with Crippen LogP contribution in [0.3, 0.4) is 0 Å². The minimum atomic E-state index is -0.0141. The van der Waals surface area contributed by atoms with Gasteiger partial charge in [0.25, 0.3) is 5.91 Å². The number of amides is 1. The Morgan fingerprint density at radius 3 is 2.73 bits per heavy atom. The average Bonchev–Trinajstić information content (AvgIpc) is 2.87. The highest BCUT2D eigenvalue weighted by Gasteiger charge is 2.38. The molecule has 80 valence electrons. The zero-order valence-corrected chi connectivity index (χ0v) is 9.13. The van der Waals surface area contributed by atoms with E-state index in [-0.39, 0.29) is 11.4 Å². The third kappa shape index (κ3) is 2.12. The van der Waals surface area contributed by atoms with E-state index in [4.69, 9.17) is 5.73 Å².